The van der Waals surface area contributed by atoms with Crippen molar-refractivity contribution < 1.29 is 19.3 Å². The molecule has 0 aliphatic carbocycles. The Balaban J connectivity index is 1.53. The fourth-order valence-corrected chi connectivity index (χ4v) is 4.01. The first-order valence-electron chi connectivity index (χ1n) is 10.8. The first-order valence-corrected chi connectivity index (χ1v) is 10.8. The van der Waals surface area contributed by atoms with Gasteiger partial charge in [0, 0.05) is 44.8 Å². The molecule has 0 saturated carbocycles. The van der Waals surface area contributed by atoms with Gasteiger partial charge in [0.15, 0.2) is 11.5 Å². The molecule has 1 aromatic rings. The number of benzene rings is 1. The van der Waals surface area contributed by atoms with Crippen LogP contribution in [0, 0.1) is 0 Å². The van der Waals surface area contributed by atoms with Crippen molar-refractivity contribution in [3.05, 3.63) is 23.8 Å². The van der Waals surface area contributed by atoms with E-state index in [4.69, 9.17) is 14.2 Å². The Morgan fingerprint density at radius 3 is 2.62 bits per heavy atom. The highest BCUT2D eigenvalue weighted by Crippen LogP contribution is 2.32. The van der Waals surface area contributed by atoms with Crippen molar-refractivity contribution in [1.82, 2.24) is 14.7 Å². The normalized spacial score (nSPS) is 19.6. The van der Waals surface area contributed by atoms with Gasteiger partial charge in [0.1, 0.15) is 12.7 Å². The van der Waals surface area contributed by atoms with Crippen LogP contribution in [0.15, 0.2) is 18.2 Å². The second kappa shape index (κ2) is 11.7. The van der Waals surface area contributed by atoms with Crippen molar-refractivity contribution in [2.75, 3.05) is 79.8 Å². The topological polar surface area (TPSA) is 57.6 Å². The number of likely N-dealkylation sites (tertiary alicyclic amines) is 1. The van der Waals surface area contributed by atoms with Gasteiger partial charge in [-0.3, -0.25) is 4.90 Å². The lowest BCUT2D eigenvalue weighted by molar-refractivity contribution is 0.00431. The fraction of sp³-hybridized carbons (Fsp3) is 0.727. The summed E-state index contributed by atoms with van der Waals surface area (Å²) < 4.78 is 17.0. The van der Waals surface area contributed by atoms with Crippen LogP contribution in [0.4, 0.5) is 0 Å². The maximum atomic E-state index is 10.4. The summed E-state index contributed by atoms with van der Waals surface area (Å²) in [6.07, 6.45) is 2.10. The van der Waals surface area contributed by atoms with Gasteiger partial charge in [-0.05, 0) is 39.0 Å². The lowest BCUT2D eigenvalue weighted by Gasteiger charge is -2.28. The predicted octanol–water partition coefficient (Wildman–Crippen LogP) is 1.29. The second-order valence-electron chi connectivity index (χ2n) is 8.11. The Labute approximate surface area is 175 Å². The molecule has 7 nitrogen and oxygen atoms in total. The smallest absolute Gasteiger partial charge is 0.165 e. The zero-order chi connectivity index (χ0) is 20.5. The number of rotatable bonds is 11. The van der Waals surface area contributed by atoms with Crippen LogP contribution in [0.5, 0.6) is 11.5 Å². The first kappa shape index (κ1) is 22.3. The molecule has 29 heavy (non-hydrogen) atoms. The van der Waals surface area contributed by atoms with Crippen LogP contribution in [-0.2, 0) is 11.3 Å². The van der Waals surface area contributed by atoms with Crippen molar-refractivity contribution in [3.8, 4) is 11.5 Å². The molecule has 0 radical (unpaired) electrons. The number of hydrogen-bond acceptors (Lipinski definition) is 7. The van der Waals surface area contributed by atoms with E-state index in [9.17, 15) is 5.11 Å². The number of methoxy groups -OCH3 is 1. The minimum Gasteiger partial charge on any atom is -0.493 e. The van der Waals surface area contributed by atoms with Gasteiger partial charge in [-0.15, -0.1) is 0 Å². The Bertz CT molecular complexity index is 604. The summed E-state index contributed by atoms with van der Waals surface area (Å²) in [6.45, 7) is 9.40. The van der Waals surface area contributed by atoms with E-state index in [0.29, 0.717) is 12.3 Å². The van der Waals surface area contributed by atoms with E-state index in [1.165, 1.54) is 25.9 Å². The maximum absolute atomic E-state index is 10.4. The number of morpholine rings is 1. The van der Waals surface area contributed by atoms with Gasteiger partial charge in [-0.2, -0.15) is 0 Å². The number of para-hydroxylation sites is 1. The lowest BCUT2D eigenvalue weighted by Crippen LogP contribution is -2.42. The van der Waals surface area contributed by atoms with Gasteiger partial charge >= 0.3 is 0 Å². The molecule has 3 rings (SSSR count). The lowest BCUT2D eigenvalue weighted by atomic mass is 10.1. The molecular formula is C22H37N3O4. The van der Waals surface area contributed by atoms with Gasteiger partial charge in [-0.25, -0.2) is 0 Å². The van der Waals surface area contributed by atoms with Crippen molar-refractivity contribution in [3.63, 3.8) is 0 Å². The molecule has 164 valence electrons. The molecule has 1 aromatic carbocycles. The third-order valence-corrected chi connectivity index (χ3v) is 5.71. The van der Waals surface area contributed by atoms with Crippen molar-refractivity contribution in [2.24, 2.45) is 0 Å². The first-order chi connectivity index (χ1) is 14.2. The SMILES string of the molecule is COc1cccc(CN(C)CCN2CCCC2)c1OCC(O)CN1CCOCC1. The number of aliphatic hydroxyl groups is 1. The van der Waals surface area contributed by atoms with Gasteiger partial charge in [0.05, 0.1) is 20.3 Å². The Kier molecular flexibility index (Phi) is 9.01. The zero-order valence-corrected chi connectivity index (χ0v) is 18.0. The Hall–Kier alpha value is -1.38. The number of nitrogens with zero attached hydrogens (tertiary/aromatic N) is 3. The van der Waals surface area contributed by atoms with Crippen LogP contribution in [0.25, 0.3) is 0 Å². The van der Waals surface area contributed by atoms with Crippen LogP contribution in [0.3, 0.4) is 0 Å². The highest BCUT2D eigenvalue weighted by molar-refractivity contribution is 5.46. The molecule has 0 bridgehead atoms. The summed E-state index contributed by atoms with van der Waals surface area (Å²) in [5.41, 5.74) is 1.09. The van der Waals surface area contributed by atoms with Gasteiger partial charge in [0.25, 0.3) is 0 Å². The average molecular weight is 408 g/mol. The minimum atomic E-state index is -0.543. The molecule has 2 aliphatic rings. The van der Waals surface area contributed by atoms with Crippen LogP contribution >= 0.6 is 0 Å². The average Bonchev–Trinajstić information content (AvgIpc) is 3.25. The van der Waals surface area contributed by atoms with E-state index in [2.05, 4.69) is 27.8 Å². The van der Waals surface area contributed by atoms with E-state index < -0.39 is 6.10 Å². The second-order valence-corrected chi connectivity index (χ2v) is 8.11. The number of aliphatic hydroxyl groups excluding tert-OH is 1. The summed E-state index contributed by atoms with van der Waals surface area (Å²) in [6, 6.07) is 6.00. The van der Waals surface area contributed by atoms with E-state index in [1.54, 1.807) is 7.11 Å². The molecule has 1 N–H and O–H groups in total. The van der Waals surface area contributed by atoms with Crippen LogP contribution in [-0.4, -0.2) is 106 Å². The predicted molar refractivity (Wildman–Crippen MR) is 114 cm³/mol. The Morgan fingerprint density at radius 2 is 1.90 bits per heavy atom. The molecule has 2 fully saturated rings. The molecule has 0 aromatic heterocycles. The molecular weight excluding hydrogens is 370 g/mol. The summed E-state index contributed by atoms with van der Waals surface area (Å²) >= 11 is 0. The summed E-state index contributed by atoms with van der Waals surface area (Å²) in [4.78, 5) is 7.07. The van der Waals surface area contributed by atoms with Crippen molar-refractivity contribution in [1.29, 1.82) is 0 Å². The molecule has 7 heteroatoms. The van der Waals surface area contributed by atoms with E-state index in [0.717, 1.165) is 57.3 Å². The van der Waals surface area contributed by atoms with Gasteiger partial charge in [0.2, 0.25) is 0 Å². The number of β-amino-alcohol motifs (C(OH)–C–C–N with tert-alkyl or cyclic N) is 1. The molecule has 2 heterocycles. The van der Waals surface area contributed by atoms with Crippen molar-refractivity contribution in [2.45, 2.75) is 25.5 Å². The summed E-state index contributed by atoms with van der Waals surface area (Å²) in [5.74, 6) is 1.46. The van der Waals surface area contributed by atoms with Crippen molar-refractivity contribution >= 4 is 0 Å². The molecule has 0 amide bonds. The fourth-order valence-electron chi connectivity index (χ4n) is 4.01. The van der Waals surface area contributed by atoms with Crippen LogP contribution in [0.1, 0.15) is 18.4 Å². The monoisotopic (exact) mass is 407 g/mol. The summed E-state index contributed by atoms with van der Waals surface area (Å²) in [5, 5.41) is 10.4. The zero-order valence-electron chi connectivity index (χ0n) is 18.0. The number of hydrogen-bond donors (Lipinski definition) is 1. The van der Waals surface area contributed by atoms with Gasteiger partial charge in [-0.1, -0.05) is 12.1 Å². The molecule has 2 aliphatic heterocycles. The van der Waals surface area contributed by atoms with E-state index in [1.807, 2.05) is 12.1 Å². The summed E-state index contributed by atoms with van der Waals surface area (Å²) in [7, 11) is 3.81. The highest BCUT2D eigenvalue weighted by Gasteiger charge is 2.18. The highest BCUT2D eigenvalue weighted by atomic mass is 16.5. The molecule has 1 atom stereocenters. The van der Waals surface area contributed by atoms with E-state index in [-0.39, 0.29) is 6.61 Å². The van der Waals surface area contributed by atoms with Gasteiger partial charge < -0.3 is 29.1 Å². The third kappa shape index (κ3) is 7.12. The maximum Gasteiger partial charge on any atom is 0.165 e. The van der Waals surface area contributed by atoms with Crippen LogP contribution in [0.2, 0.25) is 0 Å². The Morgan fingerprint density at radius 1 is 1.14 bits per heavy atom. The largest absolute Gasteiger partial charge is 0.493 e. The minimum absolute atomic E-state index is 0.252. The molecule has 0 spiro atoms. The molecule has 1 unspecified atom stereocenters. The third-order valence-electron chi connectivity index (χ3n) is 5.71. The van der Waals surface area contributed by atoms with Crippen LogP contribution < -0.4 is 9.47 Å². The standard InChI is InChI=1S/C22H37N3O4/c1-23(10-11-24-8-3-4-9-24)16-19-6-5-7-21(27-2)22(19)29-18-20(26)17-25-12-14-28-15-13-25/h5-7,20,26H,3-4,8-18H2,1-2H3. The van der Waals surface area contributed by atoms with E-state index >= 15 is 0 Å². The molecule has 2 saturated heterocycles. The number of ether oxygens (including phenoxy) is 3. The number of likely N-dealkylation sites (N-methyl/N-ethyl adjacent to an activating group) is 1. The quantitative estimate of drug-likeness (QED) is 0.593.